The van der Waals surface area contributed by atoms with E-state index in [-0.39, 0.29) is 11.2 Å². The van der Waals surface area contributed by atoms with Crippen molar-refractivity contribution < 1.29 is 15.3 Å². The summed E-state index contributed by atoms with van der Waals surface area (Å²) in [5.41, 5.74) is 3.87. The lowest BCUT2D eigenvalue weighted by Crippen LogP contribution is -2.35. The first-order valence-electron chi connectivity index (χ1n) is 11.9. The number of aliphatic hydroxyl groups excluding tert-OH is 2. The second kappa shape index (κ2) is 9.23. The highest BCUT2D eigenvalue weighted by atomic mass is 16.3. The molecular formula is C28H36O3. The van der Waals surface area contributed by atoms with Gasteiger partial charge >= 0.3 is 0 Å². The molecule has 0 saturated heterocycles. The van der Waals surface area contributed by atoms with Gasteiger partial charge in [-0.25, -0.2) is 0 Å². The molecule has 166 valence electrons. The predicted molar refractivity (Wildman–Crippen MR) is 124 cm³/mol. The van der Waals surface area contributed by atoms with Crippen molar-refractivity contribution >= 4 is 0 Å². The van der Waals surface area contributed by atoms with Gasteiger partial charge in [-0.1, -0.05) is 55.1 Å². The molecule has 0 aliphatic heterocycles. The van der Waals surface area contributed by atoms with E-state index in [4.69, 9.17) is 0 Å². The van der Waals surface area contributed by atoms with Crippen LogP contribution in [0.25, 0.3) is 0 Å². The summed E-state index contributed by atoms with van der Waals surface area (Å²) in [6, 6.07) is 7.20. The van der Waals surface area contributed by atoms with Gasteiger partial charge in [0.2, 0.25) is 0 Å². The standard InChI is InChI=1S/C28H36O3/c1-19(8-9-20-5-3-7-23(29)15-20)26-12-13-27-22(6-4-14-28(26,27)2)11-10-21-16-24(30)18-25(31)17-21/h3,5,7,10-11,15,19,24-27,29-31H,4,6,12-14,16-18H2,1-2H3/b22-11+/t19-,24+,25+,26+,27-,28+/m0/s1. The number of allylic oxidation sites excluding steroid dienone is 3. The first-order valence-corrected chi connectivity index (χ1v) is 11.9. The molecule has 3 aliphatic carbocycles. The molecule has 4 rings (SSSR count). The van der Waals surface area contributed by atoms with Crippen LogP contribution in [0.2, 0.25) is 0 Å². The molecule has 0 heterocycles. The zero-order chi connectivity index (χ0) is 22.0. The zero-order valence-electron chi connectivity index (χ0n) is 18.8. The molecule has 31 heavy (non-hydrogen) atoms. The van der Waals surface area contributed by atoms with E-state index in [9.17, 15) is 15.3 Å². The average molecular weight is 421 g/mol. The second-order valence-electron chi connectivity index (χ2n) is 10.2. The SMILES string of the molecule is C[C@@H](C#Cc1cccc(O)c1)[C@H]1CC[C@H]2/C(=C/C=C3C[C@@H](O)C[C@H](O)C3)CCC[C@]12C. The van der Waals surface area contributed by atoms with E-state index in [1.807, 2.05) is 12.1 Å². The fraction of sp³-hybridized carbons (Fsp3) is 0.571. The van der Waals surface area contributed by atoms with Gasteiger partial charge in [-0.2, -0.15) is 0 Å². The number of aromatic hydroxyl groups is 1. The molecule has 0 aromatic heterocycles. The third-order valence-electron chi connectivity index (χ3n) is 8.00. The minimum Gasteiger partial charge on any atom is -0.508 e. The van der Waals surface area contributed by atoms with Crippen LogP contribution in [0.3, 0.4) is 0 Å². The Hall–Kier alpha value is -2.02. The molecule has 0 spiro atoms. The van der Waals surface area contributed by atoms with Gasteiger partial charge in [0.1, 0.15) is 5.75 Å². The third-order valence-corrected chi connectivity index (χ3v) is 8.00. The summed E-state index contributed by atoms with van der Waals surface area (Å²) >= 11 is 0. The second-order valence-corrected chi connectivity index (χ2v) is 10.2. The van der Waals surface area contributed by atoms with Crippen molar-refractivity contribution in [3.05, 3.63) is 53.1 Å². The Kier molecular flexibility index (Phi) is 6.60. The zero-order valence-corrected chi connectivity index (χ0v) is 18.8. The Balaban J connectivity index is 1.50. The Bertz CT molecular complexity index is 906. The van der Waals surface area contributed by atoms with Crippen LogP contribution in [0.15, 0.2) is 47.6 Å². The first-order chi connectivity index (χ1) is 14.8. The van der Waals surface area contributed by atoms with Gasteiger partial charge in [-0.3, -0.25) is 0 Å². The fourth-order valence-corrected chi connectivity index (χ4v) is 6.51. The lowest BCUT2D eigenvalue weighted by atomic mass is 9.61. The number of phenolic OH excluding ortho intramolecular Hbond substituents is 1. The normalized spacial score (nSPS) is 35.2. The predicted octanol–water partition coefficient (Wildman–Crippen LogP) is 5.35. The number of aliphatic hydroxyl groups is 2. The van der Waals surface area contributed by atoms with Crippen LogP contribution in [0, 0.1) is 35.0 Å². The molecule has 0 bridgehead atoms. The van der Waals surface area contributed by atoms with E-state index in [0.29, 0.717) is 37.0 Å². The van der Waals surface area contributed by atoms with Crippen molar-refractivity contribution in [2.24, 2.45) is 23.2 Å². The van der Waals surface area contributed by atoms with E-state index in [1.54, 1.807) is 17.7 Å². The summed E-state index contributed by atoms with van der Waals surface area (Å²) in [5, 5.41) is 29.6. The minimum atomic E-state index is -0.410. The highest BCUT2D eigenvalue weighted by Gasteiger charge is 2.50. The maximum absolute atomic E-state index is 9.97. The average Bonchev–Trinajstić information content (AvgIpc) is 3.07. The number of hydrogen-bond acceptors (Lipinski definition) is 3. The van der Waals surface area contributed by atoms with Crippen molar-refractivity contribution in [3.8, 4) is 17.6 Å². The maximum Gasteiger partial charge on any atom is 0.116 e. The summed E-state index contributed by atoms with van der Waals surface area (Å²) in [6.07, 6.45) is 11.6. The van der Waals surface area contributed by atoms with Crippen LogP contribution < -0.4 is 0 Å². The number of rotatable bonds is 2. The Morgan fingerprint density at radius 1 is 1.13 bits per heavy atom. The molecule has 6 atom stereocenters. The van der Waals surface area contributed by atoms with Gasteiger partial charge in [0.15, 0.2) is 0 Å². The van der Waals surface area contributed by atoms with Gasteiger partial charge in [0.05, 0.1) is 12.2 Å². The van der Waals surface area contributed by atoms with E-state index < -0.39 is 12.2 Å². The summed E-state index contributed by atoms with van der Waals surface area (Å²) in [7, 11) is 0. The van der Waals surface area contributed by atoms with E-state index in [1.165, 1.54) is 31.3 Å². The summed E-state index contributed by atoms with van der Waals surface area (Å²) < 4.78 is 0. The van der Waals surface area contributed by atoms with Gasteiger partial charge in [-0.05, 0) is 86.8 Å². The van der Waals surface area contributed by atoms with E-state index >= 15 is 0 Å². The van der Waals surface area contributed by atoms with Crippen LogP contribution in [0.1, 0.15) is 70.8 Å². The lowest BCUT2D eigenvalue weighted by molar-refractivity contribution is 0.0609. The molecule has 3 heteroatoms. The Morgan fingerprint density at radius 2 is 1.90 bits per heavy atom. The summed E-state index contributed by atoms with van der Waals surface area (Å²) in [5.74, 6) is 8.53. The van der Waals surface area contributed by atoms with E-state index in [0.717, 1.165) is 12.0 Å². The van der Waals surface area contributed by atoms with Gasteiger partial charge in [0.25, 0.3) is 0 Å². The molecule has 3 N–H and O–H groups in total. The van der Waals surface area contributed by atoms with Gasteiger partial charge < -0.3 is 15.3 Å². The van der Waals surface area contributed by atoms with Crippen molar-refractivity contribution in [2.45, 2.75) is 77.4 Å². The number of hydrogen-bond donors (Lipinski definition) is 3. The monoisotopic (exact) mass is 420 g/mol. The molecular weight excluding hydrogens is 384 g/mol. The van der Waals surface area contributed by atoms with Crippen molar-refractivity contribution in [1.29, 1.82) is 0 Å². The number of benzene rings is 1. The number of phenols is 1. The molecule has 0 amide bonds. The molecule has 0 radical (unpaired) electrons. The van der Waals surface area contributed by atoms with Crippen LogP contribution >= 0.6 is 0 Å². The number of fused-ring (bicyclic) bond motifs is 1. The molecule has 3 saturated carbocycles. The first kappa shape index (κ1) is 22.2. The maximum atomic E-state index is 9.97. The highest BCUT2D eigenvalue weighted by molar-refractivity contribution is 5.39. The van der Waals surface area contributed by atoms with Gasteiger partial charge in [-0.15, -0.1) is 0 Å². The molecule has 1 aromatic carbocycles. The van der Waals surface area contributed by atoms with Crippen LogP contribution in [0.5, 0.6) is 5.75 Å². The Labute approximate surface area is 186 Å². The van der Waals surface area contributed by atoms with Crippen molar-refractivity contribution in [3.63, 3.8) is 0 Å². The van der Waals surface area contributed by atoms with Crippen LogP contribution in [-0.4, -0.2) is 27.5 Å². The van der Waals surface area contributed by atoms with E-state index in [2.05, 4.69) is 37.8 Å². The van der Waals surface area contributed by atoms with Crippen LogP contribution in [0.4, 0.5) is 0 Å². The quantitative estimate of drug-likeness (QED) is 0.565. The summed E-state index contributed by atoms with van der Waals surface area (Å²) in [4.78, 5) is 0. The molecule has 3 nitrogen and oxygen atoms in total. The van der Waals surface area contributed by atoms with Gasteiger partial charge in [0, 0.05) is 11.5 Å². The third kappa shape index (κ3) is 4.92. The lowest BCUT2D eigenvalue weighted by Gasteiger charge is -2.43. The largest absolute Gasteiger partial charge is 0.508 e. The topological polar surface area (TPSA) is 60.7 Å². The van der Waals surface area contributed by atoms with Crippen molar-refractivity contribution in [2.75, 3.05) is 0 Å². The van der Waals surface area contributed by atoms with Crippen LogP contribution in [-0.2, 0) is 0 Å². The molecule has 0 unspecified atom stereocenters. The Morgan fingerprint density at radius 3 is 2.65 bits per heavy atom. The molecule has 3 aliphatic rings. The minimum absolute atomic E-state index is 0.265. The smallest absolute Gasteiger partial charge is 0.116 e. The molecule has 1 aromatic rings. The summed E-state index contributed by atoms with van der Waals surface area (Å²) in [6.45, 7) is 4.73. The highest BCUT2D eigenvalue weighted by Crippen LogP contribution is 2.59. The molecule has 3 fully saturated rings. The van der Waals surface area contributed by atoms with Crippen molar-refractivity contribution in [1.82, 2.24) is 0 Å². The fourth-order valence-electron chi connectivity index (χ4n) is 6.51.